The highest BCUT2D eigenvalue weighted by Gasteiger charge is 2.24. The third-order valence-electron chi connectivity index (χ3n) is 4.23. The standard InChI is InChI=1S/C19H21N3O4S/c1-26-10-8-20-17(23)18(24)21-14-6-7-15-13(12-14)4-2-9-22(15)19(25)16-5-3-11-27-16/h3,5-7,11-12H,2,4,8-10H2,1H3,(H,20,23)(H,21,24). The minimum absolute atomic E-state index is 0.0137. The van der Waals surface area contributed by atoms with Gasteiger partial charge in [0.1, 0.15) is 0 Å². The van der Waals surface area contributed by atoms with Crippen LogP contribution in [0.3, 0.4) is 0 Å². The minimum Gasteiger partial charge on any atom is -0.383 e. The monoisotopic (exact) mass is 387 g/mol. The Balaban J connectivity index is 1.70. The van der Waals surface area contributed by atoms with E-state index in [1.54, 1.807) is 11.0 Å². The molecule has 1 aromatic carbocycles. The highest BCUT2D eigenvalue weighted by Crippen LogP contribution is 2.31. The van der Waals surface area contributed by atoms with Gasteiger partial charge in [0.25, 0.3) is 5.91 Å². The third kappa shape index (κ3) is 4.53. The zero-order chi connectivity index (χ0) is 19.2. The quantitative estimate of drug-likeness (QED) is 0.607. The van der Waals surface area contributed by atoms with Crippen molar-refractivity contribution in [1.29, 1.82) is 0 Å². The van der Waals surface area contributed by atoms with Gasteiger partial charge in [-0.25, -0.2) is 0 Å². The molecule has 0 fully saturated rings. The maximum atomic E-state index is 12.7. The Hall–Kier alpha value is -2.71. The molecule has 0 saturated carbocycles. The van der Waals surface area contributed by atoms with E-state index in [0.717, 1.165) is 24.1 Å². The van der Waals surface area contributed by atoms with Crippen LogP contribution in [0.5, 0.6) is 0 Å². The maximum absolute atomic E-state index is 12.7. The van der Waals surface area contributed by atoms with Crippen LogP contribution in [0.2, 0.25) is 0 Å². The van der Waals surface area contributed by atoms with Gasteiger partial charge in [0, 0.05) is 31.6 Å². The second-order valence-corrected chi connectivity index (χ2v) is 7.03. The van der Waals surface area contributed by atoms with Gasteiger partial charge in [0.05, 0.1) is 11.5 Å². The molecular formula is C19H21N3O4S. The number of methoxy groups -OCH3 is 1. The van der Waals surface area contributed by atoms with Crippen LogP contribution in [0.4, 0.5) is 11.4 Å². The van der Waals surface area contributed by atoms with Crippen LogP contribution in [0.25, 0.3) is 0 Å². The van der Waals surface area contributed by atoms with E-state index < -0.39 is 11.8 Å². The van der Waals surface area contributed by atoms with Crippen molar-refractivity contribution in [3.8, 4) is 0 Å². The van der Waals surface area contributed by atoms with Gasteiger partial charge in [-0.3, -0.25) is 14.4 Å². The summed E-state index contributed by atoms with van der Waals surface area (Å²) in [5.74, 6) is -1.45. The number of anilines is 2. The first kappa shape index (κ1) is 19.1. The van der Waals surface area contributed by atoms with Crippen molar-refractivity contribution >= 4 is 40.4 Å². The minimum atomic E-state index is -0.728. The molecule has 0 radical (unpaired) electrons. The molecule has 1 aliphatic heterocycles. The van der Waals surface area contributed by atoms with Crippen LogP contribution in [0.1, 0.15) is 21.7 Å². The number of nitrogens with one attached hydrogen (secondary N) is 2. The van der Waals surface area contributed by atoms with E-state index in [1.165, 1.54) is 18.4 Å². The predicted molar refractivity (Wildman–Crippen MR) is 104 cm³/mol. The number of carbonyl (C=O) groups is 3. The van der Waals surface area contributed by atoms with Crippen molar-refractivity contribution in [1.82, 2.24) is 5.32 Å². The normalized spacial score (nSPS) is 13.0. The number of carbonyl (C=O) groups excluding carboxylic acids is 3. The average molecular weight is 387 g/mol. The van der Waals surface area contributed by atoms with Crippen LogP contribution in [0, 0.1) is 0 Å². The number of hydrogen-bond acceptors (Lipinski definition) is 5. The van der Waals surface area contributed by atoms with Gasteiger partial charge in [-0.05, 0) is 48.1 Å². The van der Waals surface area contributed by atoms with Gasteiger partial charge in [-0.15, -0.1) is 11.3 Å². The molecule has 0 aliphatic carbocycles. The van der Waals surface area contributed by atoms with Crippen LogP contribution in [0.15, 0.2) is 35.7 Å². The molecule has 0 bridgehead atoms. The predicted octanol–water partition coefficient (Wildman–Crippen LogP) is 2.04. The first-order valence-electron chi connectivity index (χ1n) is 8.66. The molecule has 2 N–H and O–H groups in total. The molecule has 1 aliphatic rings. The Morgan fingerprint density at radius 2 is 2.07 bits per heavy atom. The van der Waals surface area contributed by atoms with Crippen LogP contribution < -0.4 is 15.5 Å². The number of aryl methyl sites for hydroxylation is 1. The molecule has 27 heavy (non-hydrogen) atoms. The van der Waals surface area contributed by atoms with E-state index in [4.69, 9.17) is 4.74 Å². The van der Waals surface area contributed by atoms with E-state index in [0.29, 0.717) is 23.7 Å². The Kier molecular flexibility index (Phi) is 6.20. The zero-order valence-corrected chi connectivity index (χ0v) is 15.8. The first-order chi connectivity index (χ1) is 13.1. The van der Waals surface area contributed by atoms with E-state index in [9.17, 15) is 14.4 Å². The summed E-state index contributed by atoms with van der Waals surface area (Å²) in [4.78, 5) is 38.9. The molecule has 3 amide bonds. The fraction of sp³-hybridized carbons (Fsp3) is 0.316. The topological polar surface area (TPSA) is 87.7 Å². The molecule has 0 saturated heterocycles. The lowest BCUT2D eigenvalue weighted by molar-refractivity contribution is -0.136. The van der Waals surface area contributed by atoms with Gasteiger partial charge >= 0.3 is 11.8 Å². The summed E-state index contributed by atoms with van der Waals surface area (Å²) in [6.45, 7) is 1.27. The number of amides is 3. The number of fused-ring (bicyclic) bond motifs is 1. The molecule has 0 atom stereocenters. The smallest absolute Gasteiger partial charge is 0.313 e. The number of nitrogens with zero attached hydrogens (tertiary/aromatic N) is 1. The second-order valence-electron chi connectivity index (χ2n) is 6.08. The van der Waals surface area contributed by atoms with E-state index in [2.05, 4.69) is 10.6 Å². The van der Waals surface area contributed by atoms with Crippen molar-refractivity contribution in [2.45, 2.75) is 12.8 Å². The molecule has 1 aromatic heterocycles. The zero-order valence-electron chi connectivity index (χ0n) is 15.0. The lowest BCUT2D eigenvalue weighted by Gasteiger charge is -2.29. The van der Waals surface area contributed by atoms with Crippen molar-refractivity contribution in [2.24, 2.45) is 0 Å². The molecule has 7 nitrogen and oxygen atoms in total. The fourth-order valence-corrected chi connectivity index (χ4v) is 3.63. The highest BCUT2D eigenvalue weighted by atomic mass is 32.1. The molecule has 2 aromatic rings. The van der Waals surface area contributed by atoms with Gasteiger partial charge < -0.3 is 20.3 Å². The Labute approximate surface area is 161 Å². The molecule has 0 spiro atoms. The summed E-state index contributed by atoms with van der Waals surface area (Å²) in [7, 11) is 1.52. The summed E-state index contributed by atoms with van der Waals surface area (Å²) in [5.41, 5.74) is 2.36. The van der Waals surface area contributed by atoms with Crippen LogP contribution in [-0.4, -0.2) is 44.5 Å². The van der Waals surface area contributed by atoms with E-state index in [1.807, 2.05) is 29.6 Å². The van der Waals surface area contributed by atoms with Gasteiger partial charge in [0.15, 0.2) is 0 Å². The van der Waals surface area contributed by atoms with E-state index >= 15 is 0 Å². The Morgan fingerprint density at radius 1 is 1.22 bits per heavy atom. The van der Waals surface area contributed by atoms with Crippen molar-refractivity contribution in [3.05, 3.63) is 46.2 Å². The summed E-state index contributed by atoms with van der Waals surface area (Å²) >= 11 is 1.42. The number of hydrogen-bond donors (Lipinski definition) is 2. The second kappa shape index (κ2) is 8.79. The maximum Gasteiger partial charge on any atom is 0.313 e. The van der Waals surface area contributed by atoms with E-state index in [-0.39, 0.29) is 12.5 Å². The van der Waals surface area contributed by atoms with Crippen molar-refractivity contribution in [3.63, 3.8) is 0 Å². The Bertz CT molecular complexity index is 835. The number of benzene rings is 1. The van der Waals surface area contributed by atoms with Crippen LogP contribution in [-0.2, 0) is 20.7 Å². The Morgan fingerprint density at radius 3 is 2.81 bits per heavy atom. The number of rotatable bonds is 5. The van der Waals surface area contributed by atoms with Gasteiger partial charge in [-0.2, -0.15) is 0 Å². The first-order valence-corrected chi connectivity index (χ1v) is 9.54. The third-order valence-corrected chi connectivity index (χ3v) is 5.09. The van der Waals surface area contributed by atoms with Crippen molar-refractivity contribution in [2.75, 3.05) is 37.0 Å². The molecular weight excluding hydrogens is 366 g/mol. The molecule has 2 heterocycles. The average Bonchev–Trinajstić information content (AvgIpc) is 3.21. The summed E-state index contributed by atoms with van der Waals surface area (Å²) in [6, 6.07) is 9.03. The van der Waals surface area contributed by atoms with Gasteiger partial charge in [0.2, 0.25) is 0 Å². The van der Waals surface area contributed by atoms with Crippen LogP contribution >= 0.6 is 11.3 Å². The molecule has 8 heteroatoms. The highest BCUT2D eigenvalue weighted by molar-refractivity contribution is 7.12. The lowest BCUT2D eigenvalue weighted by Crippen LogP contribution is -2.37. The summed E-state index contributed by atoms with van der Waals surface area (Å²) in [6.07, 6.45) is 1.66. The fourth-order valence-electron chi connectivity index (χ4n) is 2.95. The number of thiophene rings is 1. The molecule has 142 valence electrons. The van der Waals surface area contributed by atoms with Gasteiger partial charge in [-0.1, -0.05) is 6.07 Å². The summed E-state index contributed by atoms with van der Waals surface area (Å²) < 4.78 is 4.83. The largest absolute Gasteiger partial charge is 0.383 e. The lowest BCUT2D eigenvalue weighted by atomic mass is 10.0. The summed E-state index contributed by atoms with van der Waals surface area (Å²) in [5, 5.41) is 6.96. The molecule has 0 unspecified atom stereocenters. The molecule has 3 rings (SSSR count). The SMILES string of the molecule is COCCNC(=O)C(=O)Nc1ccc2c(c1)CCCN2C(=O)c1cccs1. The number of ether oxygens (including phenoxy) is 1. The van der Waals surface area contributed by atoms with Crippen molar-refractivity contribution < 1.29 is 19.1 Å².